The molecule has 0 atom stereocenters. The minimum absolute atomic E-state index is 0.199. The van der Waals surface area contributed by atoms with E-state index in [0.717, 1.165) is 18.5 Å². The van der Waals surface area contributed by atoms with Crippen LogP contribution in [0.1, 0.15) is 29.3 Å². The summed E-state index contributed by atoms with van der Waals surface area (Å²) in [6.07, 6.45) is 2.15. The summed E-state index contributed by atoms with van der Waals surface area (Å²) >= 11 is 5.91. The first-order chi connectivity index (χ1) is 9.60. The van der Waals surface area contributed by atoms with Crippen molar-refractivity contribution in [1.29, 1.82) is 0 Å². The molecule has 2 rings (SSSR count). The Labute approximate surface area is 123 Å². The summed E-state index contributed by atoms with van der Waals surface area (Å²) in [7, 11) is 0. The Morgan fingerprint density at radius 1 is 1.20 bits per heavy atom. The smallest absolute Gasteiger partial charge is 0.255 e. The van der Waals surface area contributed by atoms with Gasteiger partial charge in [-0.05, 0) is 42.3 Å². The fraction of sp³-hybridized carbons (Fsp3) is 0.188. The Morgan fingerprint density at radius 2 is 1.90 bits per heavy atom. The number of anilines is 2. The molecule has 0 bridgehead atoms. The molecule has 0 fully saturated rings. The van der Waals surface area contributed by atoms with Crippen LogP contribution in [-0.4, -0.2) is 5.91 Å². The first-order valence-corrected chi connectivity index (χ1v) is 6.93. The van der Waals surface area contributed by atoms with Gasteiger partial charge in [0, 0.05) is 11.3 Å². The summed E-state index contributed by atoms with van der Waals surface area (Å²) in [5.41, 5.74) is 8.61. The molecule has 1 amide bonds. The lowest BCUT2D eigenvalue weighted by molar-refractivity contribution is 0.102. The van der Waals surface area contributed by atoms with Gasteiger partial charge in [0.2, 0.25) is 0 Å². The van der Waals surface area contributed by atoms with Crippen molar-refractivity contribution >= 4 is 28.9 Å². The second-order valence-electron chi connectivity index (χ2n) is 4.64. The topological polar surface area (TPSA) is 55.1 Å². The highest BCUT2D eigenvalue weighted by molar-refractivity contribution is 6.33. The van der Waals surface area contributed by atoms with E-state index in [-0.39, 0.29) is 5.91 Å². The van der Waals surface area contributed by atoms with Crippen LogP contribution in [0.3, 0.4) is 0 Å². The summed E-state index contributed by atoms with van der Waals surface area (Å²) < 4.78 is 0. The van der Waals surface area contributed by atoms with E-state index >= 15 is 0 Å². The molecule has 0 aliphatic heterocycles. The minimum atomic E-state index is -0.199. The van der Waals surface area contributed by atoms with Crippen molar-refractivity contribution in [3.05, 3.63) is 58.6 Å². The number of halogens is 1. The Kier molecular flexibility index (Phi) is 4.64. The summed E-state index contributed by atoms with van der Waals surface area (Å²) in [6, 6.07) is 12.7. The van der Waals surface area contributed by atoms with Crippen LogP contribution >= 0.6 is 11.6 Å². The van der Waals surface area contributed by atoms with E-state index in [0.29, 0.717) is 16.3 Å². The molecule has 0 unspecified atom stereocenters. The summed E-state index contributed by atoms with van der Waals surface area (Å²) in [5.74, 6) is -0.199. The lowest BCUT2D eigenvalue weighted by atomic mass is 10.1. The van der Waals surface area contributed by atoms with E-state index in [9.17, 15) is 4.79 Å². The van der Waals surface area contributed by atoms with Crippen LogP contribution in [0.25, 0.3) is 0 Å². The highest BCUT2D eigenvalue weighted by Crippen LogP contribution is 2.20. The molecule has 0 saturated carbocycles. The predicted octanol–water partition coefficient (Wildman–Crippen LogP) is 4.13. The number of amides is 1. The lowest BCUT2D eigenvalue weighted by Crippen LogP contribution is -2.12. The molecule has 0 spiro atoms. The van der Waals surface area contributed by atoms with E-state index in [4.69, 9.17) is 17.3 Å². The molecule has 2 aromatic carbocycles. The standard InChI is InChI=1S/C16H17ClN2O/c1-2-3-11-4-7-13(8-5-11)19-16(20)12-6-9-15(18)14(17)10-12/h4-10H,2-3,18H2,1H3,(H,19,20). The van der Waals surface area contributed by atoms with Gasteiger partial charge in [0.1, 0.15) is 0 Å². The number of carbonyl (C=O) groups is 1. The average molecular weight is 289 g/mol. The monoisotopic (exact) mass is 288 g/mol. The van der Waals surface area contributed by atoms with Gasteiger partial charge < -0.3 is 11.1 Å². The van der Waals surface area contributed by atoms with Crippen molar-refractivity contribution < 1.29 is 4.79 Å². The Hall–Kier alpha value is -2.00. The van der Waals surface area contributed by atoms with Crippen LogP contribution in [0.15, 0.2) is 42.5 Å². The summed E-state index contributed by atoms with van der Waals surface area (Å²) in [5, 5.41) is 3.22. The van der Waals surface area contributed by atoms with Crippen molar-refractivity contribution in [2.24, 2.45) is 0 Å². The molecule has 0 heterocycles. The summed E-state index contributed by atoms with van der Waals surface area (Å²) in [4.78, 5) is 12.1. The van der Waals surface area contributed by atoms with Gasteiger partial charge in [0.15, 0.2) is 0 Å². The molecule has 4 heteroatoms. The number of rotatable bonds is 4. The molecule has 0 radical (unpaired) electrons. The molecule has 3 nitrogen and oxygen atoms in total. The van der Waals surface area contributed by atoms with E-state index in [1.54, 1.807) is 18.2 Å². The lowest BCUT2D eigenvalue weighted by Gasteiger charge is -2.07. The van der Waals surface area contributed by atoms with E-state index < -0.39 is 0 Å². The van der Waals surface area contributed by atoms with E-state index in [2.05, 4.69) is 12.2 Å². The molecular weight excluding hydrogens is 272 g/mol. The van der Waals surface area contributed by atoms with Crippen LogP contribution < -0.4 is 11.1 Å². The van der Waals surface area contributed by atoms with Crippen molar-refractivity contribution in [1.82, 2.24) is 0 Å². The SMILES string of the molecule is CCCc1ccc(NC(=O)c2ccc(N)c(Cl)c2)cc1. The Balaban J connectivity index is 2.08. The Bertz CT molecular complexity index is 608. The van der Waals surface area contributed by atoms with Gasteiger partial charge in [0.05, 0.1) is 10.7 Å². The van der Waals surface area contributed by atoms with Crippen molar-refractivity contribution in [2.45, 2.75) is 19.8 Å². The fourth-order valence-electron chi connectivity index (χ4n) is 1.92. The van der Waals surface area contributed by atoms with Crippen LogP contribution in [0.4, 0.5) is 11.4 Å². The highest BCUT2D eigenvalue weighted by Gasteiger charge is 2.08. The third-order valence-corrected chi connectivity index (χ3v) is 3.34. The molecular formula is C16H17ClN2O. The third-order valence-electron chi connectivity index (χ3n) is 3.01. The summed E-state index contributed by atoms with van der Waals surface area (Å²) in [6.45, 7) is 2.14. The number of nitrogens with one attached hydrogen (secondary N) is 1. The number of carbonyl (C=O) groups excluding carboxylic acids is 1. The number of nitrogen functional groups attached to an aromatic ring is 1. The average Bonchev–Trinajstić information content (AvgIpc) is 2.44. The zero-order valence-corrected chi connectivity index (χ0v) is 12.1. The second-order valence-corrected chi connectivity index (χ2v) is 5.04. The minimum Gasteiger partial charge on any atom is -0.398 e. The zero-order chi connectivity index (χ0) is 14.5. The van der Waals surface area contributed by atoms with Crippen LogP contribution in [0.5, 0.6) is 0 Å². The number of hydrogen-bond acceptors (Lipinski definition) is 2. The zero-order valence-electron chi connectivity index (χ0n) is 11.3. The second kappa shape index (κ2) is 6.44. The molecule has 20 heavy (non-hydrogen) atoms. The number of aryl methyl sites for hydroxylation is 1. The van der Waals surface area contributed by atoms with Crippen molar-refractivity contribution in [3.63, 3.8) is 0 Å². The van der Waals surface area contributed by atoms with Crippen LogP contribution in [0.2, 0.25) is 5.02 Å². The van der Waals surface area contributed by atoms with E-state index in [1.807, 2.05) is 24.3 Å². The largest absolute Gasteiger partial charge is 0.398 e. The normalized spacial score (nSPS) is 10.3. The fourth-order valence-corrected chi connectivity index (χ4v) is 2.10. The van der Waals surface area contributed by atoms with Gasteiger partial charge in [-0.3, -0.25) is 4.79 Å². The molecule has 0 aromatic heterocycles. The maximum atomic E-state index is 12.1. The first kappa shape index (κ1) is 14.4. The van der Waals surface area contributed by atoms with Crippen molar-refractivity contribution in [2.75, 3.05) is 11.1 Å². The number of benzene rings is 2. The predicted molar refractivity (Wildman–Crippen MR) is 84.3 cm³/mol. The quantitative estimate of drug-likeness (QED) is 0.831. The Morgan fingerprint density at radius 3 is 2.50 bits per heavy atom. The number of nitrogens with two attached hydrogens (primary N) is 1. The molecule has 104 valence electrons. The molecule has 2 aromatic rings. The molecule has 0 aliphatic carbocycles. The van der Waals surface area contributed by atoms with Gasteiger partial charge in [-0.2, -0.15) is 0 Å². The van der Waals surface area contributed by atoms with E-state index in [1.165, 1.54) is 5.56 Å². The molecule has 0 saturated heterocycles. The van der Waals surface area contributed by atoms with Gasteiger partial charge in [-0.15, -0.1) is 0 Å². The van der Waals surface area contributed by atoms with Crippen LogP contribution in [-0.2, 0) is 6.42 Å². The van der Waals surface area contributed by atoms with Gasteiger partial charge in [-0.25, -0.2) is 0 Å². The van der Waals surface area contributed by atoms with Gasteiger partial charge >= 0.3 is 0 Å². The number of hydrogen-bond donors (Lipinski definition) is 2. The third kappa shape index (κ3) is 3.52. The highest BCUT2D eigenvalue weighted by atomic mass is 35.5. The molecule has 3 N–H and O–H groups in total. The van der Waals surface area contributed by atoms with Crippen molar-refractivity contribution in [3.8, 4) is 0 Å². The van der Waals surface area contributed by atoms with Gasteiger partial charge in [0.25, 0.3) is 5.91 Å². The molecule has 0 aliphatic rings. The maximum Gasteiger partial charge on any atom is 0.255 e. The van der Waals surface area contributed by atoms with Gasteiger partial charge in [-0.1, -0.05) is 37.1 Å². The first-order valence-electron chi connectivity index (χ1n) is 6.55. The maximum absolute atomic E-state index is 12.1. The van der Waals surface area contributed by atoms with Crippen LogP contribution in [0, 0.1) is 0 Å².